The Bertz CT molecular complexity index is 1200. The van der Waals surface area contributed by atoms with E-state index in [0.29, 0.717) is 12.0 Å². The first kappa shape index (κ1) is 20.9. The number of ketones is 2. The van der Waals surface area contributed by atoms with Crippen LogP contribution in [0.15, 0.2) is 40.3 Å². The van der Waals surface area contributed by atoms with Gasteiger partial charge >= 0.3 is 0 Å². The predicted octanol–water partition coefficient (Wildman–Crippen LogP) is 1.47. The Labute approximate surface area is 186 Å². The molecule has 6 N–H and O–H groups in total. The summed E-state index contributed by atoms with van der Waals surface area (Å²) in [5, 5.41) is 46.9. The Kier molecular flexibility index (Phi) is 4.56. The van der Waals surface area contributed by atoms with Crippen LogP contribution in [-0.4, -0.2) is 49.6 Å². The van der Waals surface area contributed by atoms with Crippen LogP contribution in [0.3, 0.4) is 0 Å². The third-order valence-electron chi connectivity index (χ3n) is 7.10. The number of aliphatic hydroxyl groups is 3. The van der Waals surface area contributed by atoms with Crippen LogP contribution in [0.5, 0.6) is 5.75 Å². The van der Waals surface area contributed by atoms with E-state index < -0.39 is 52.7 Å². The number of Topliss-reactive ketones (excluding diaryl/α,β-unsaturated/α-hetero) is 2. The van der Waals surface area contributed by atoms with Crippen LogP contribution in [0, 0.1) is 17.8 Å². The Hall–Kier alpha value is -3.01. The molecule has 1 amide bonds. The predicted molar refractivity (Wildman–Crippen MR) is 114 cm³/mol. The van der Waals surface area contributed by atoms with E-state index in [1.807, 2.05) is 16.8 Å². The lowest BCUT2D eigenvalue weighted by molar-refractivity contribution is -0.167. The van der Waals surface area contributed by atoms with Gasteiger partial charge in [0.15, 0.2) is 17.2 Å². The molecular weight excluding hydrogens is 434 g/mol. The molecule has 5 atom stereocenters. The molecule has 2 unspecified atom stereocenters. The molecule has 166 valence electrons. The topological polar surface area (TPSA) is 158 Å². The highest BCUT2D eigenvalue weighted by atomic mass is 32.1. The van der Waals surface area contributed by atoms with Crippen molar-refractivity contribution in [1.29, 1.82) is 0 Å². The normalized spacial score (nSPS) is 31.7. The van der Waals surface area contributed by atoms with Crippen LogP contribution < -0.4 is 5.73 Å². The first-order chi connectivity index (χ1) is 15.2. The summed E-state index contributed by atoms with van der Waals surface area (Å²) in [5.41, 5.74) is 4.99. The molecule has 5 rings (SSSR count). The van der Waals surface area contributed by atoms with Crippen molar-refractivity contribution < 1.29 is 34.8 Å². The van der Waals surface area contributed by atoms with Gasteiger partial charge < -0.3 is 26.2 Å². The van der Waals surface area contributed by atoms with Crippen molar-refractivity contribution >= 4 is 28.8 Å². The number of carbonyl (C=O) groups excluding carboxylic acids is 3. The first-order valence-electron chi connectivity index (χ1n) is 10.3. The van der Waals surface area contributed by atoms with E-state index in [-0.39, 0.29) is 29.7 Å². The van der Waals surface area contributed by atoms with Crippen molar-refractivity contribution in [2.75, 3.05) is 0 Å². The van der Waals surface area contributed by atoms with Crippen molar-refractivity contribution in [3.8, 4) is 16.9 Å². The number of benzene rings is 1. The van der Waals surface area contributed by atoms with E-state index in [1.165, 1.54) is 17.4 Å². The van der Waals surface area contributed by atoms with Gasteiger partial charge in [0.2, 0.25) is 5.91 Å². The van der Waals surface area contributed by atoms with Gasteiger partial charge in [0.25, 0.3) is 0 Å². The van der Waals surface area contributed by atoms with E-state index >= 15 is 0 Å². The molecule has 0 bridgehead atoms. The van der Waals surface area contributed by atoms with Crippen LogP contribution in [-0.2, 0) is 16.0 Å². The second-order valence-corrected chi connectivity index (χ2v) is 9.52. The molecule has 2 aromatic rings. The van der Waals surface area contributed by atoms with Crippen molar-refractivity contribution in [2.45, 2.75) is 31.0 Å². The number of phenolic OH excluding ortho intramolecular Hbond substituents is 1. The summed E-state index contributed by atoms with van der Waals surface area (Å²) in [5.74, 6) is -7.02. The maximum Gasteiger partial charge on any atom is 0.230 e. The second kappa shape index (κ2) is 6.99. The smallest absolute Gasteiger partial charge is 0.230 e. The minimum absolute atomic E-state index is 0.0308. The Balaban J connectivity index is 1.68. The quantitative estimate of drug-likeness (QED) is 0.429. The van der Waals surface area contributed by atoms with Gasteiger partial charge in [-0.2, -0.15) is 11.3 Å². The number of phenols is 1. The van der Waals surface area contributed by atoms with Crippen LogP contribution in [0.4, 0.5) is 0 Å². The van der Waals surface area contributed by atoms with Crippen molar-refractivity contribution in [3.63, 3.8) is 0 Å². The molecule has 8 nitrogen and oxygen atoms in total. The first-order valence-corrected chi connectivity index (χ1v) is 11.2. The number of nitrogens with two attached hydrogens (primary N) is 1. The summed E-state index contributed by atoms with van der Waals surface area (Å²) in [4.78, 5) is 38.2. The molecule has 1 fully saturated rings. The summed E-state index contributed by atoms with van der Waals surface area (Å²) in [6, 6.07) is 5.06. The highest BCUT2D eigenvalue weighted by molar-refractivity contribution is 7.08. The fourth-order valence-corrected chi connectivity index (χ4v) is 6.27. The highest BCUT2D eigenvalue weighted by Gasteiger charge is 2.62. The number of thiophene rings is 1. The Morgan fingerprint density at radius 2 is 1.91 bits per heavy atom. The lowest BCUT2D eigenvalue weighted by atomic mass is 9.57. The average Bonchev–Trinajstić information content (AvgIpc) is 3.25. The summed E-state index contributed by atoms with van der Waals surface area (Å²) in [6.07, 6.45) is -1.05. The summed E-state index contributed by atoms with van der Waals surface area (Å²) < 4.78 is 0. The lowest BCUT2D eigenvalue weighted by Crippen LogP contribution is -2.63. The molecule has 3 aliphatic rings. The van der Waals surface area contributed by atoms with Crippen LogP contribution >= 0.6 is 11.3 Å². The standard InChI is InChI=1S/C23H21NO7S/c24-22(30)18-15(26)7-11-5-10-6-13-12(9-3-4-32-8-9)1-2-14(25)17(13)19(27)16(10)20(28)23(11,31)21(18)29/h1-4,8,10-11,15,18,25-26,28,31H,5-7H2,(H2,24,30)/t10-,11+,15?,18?,23+/m1/s1. The van der Waals surface area contributed by atoms with Crippen LogP contribution in [0.1, 0.15) is 28.8 Å². The average molecular weight is 455 g/mol. The molecule has 3 aliphatic carbocycles. The number of allylic oxidation sites excluding steroid dienone is 1. The van der Waals surface area contributed by atoms with E-state index in [9.17, 15) is 34.8 Å². The number of carbonyl (C=O) groups is 3. The largest absolute Gasteiger partial charge is 0.508 e. The van der Waals surface area contributed by atoms with Crippen molar-refractivity contribution in [2.24, 2.45) is 23.5 Å². The molecular formula is C23H21NO7S. The van der Waals surface area contributed by atoms with Gasteiger partial charge in [0, 0.05) is 11.5 Å². The molecule has 32 heavy (non-hydrogen) atoms. The van der Waals surface area contributed by atoms with E-state index in [0.717, 1.165) is 11.1 Å². The van der Waals surface area contributed by atoms with Gasteiger partial charge in [-0.15, -0.1) is 0 Å². The zero-order valence-electron chi connectivity index (χ0n) is 16.8. The number of fused-ring (bicyclic) bond motifs is 3. The van der Waals surface area contributed by atoms with Gasteiger partial charge in [-0.1, -0.05) is 6.07 Å². The summed E-state index contributed by atoms with van der Waals surface area (Å²) >= 11 is 1.50. The van der Waals surface area contributed by atoms with Gasteiger partial charge in [0.1, 0.15) is 17.4 Å². The Morgan fingerprint density at radius 3 is 2.56 bits per heavy atom. The molecule has 0 spiro atoms. The third kappa shape index (κ3) is 2.65. The molecule has 1 heterocycles. The van der Waals surface area contributed by atoms with Crippen molar-refractivity contribution in [3.05, 3.63) is 51.4 Å². The molecule has 1 aromatic heterocycles. The lowest BCUT2D eigenvalue weighted by Gasteiger charge is -2.48. The zero-order chi connectivity index (χ0) is 22.9. The molecule has 0 radical (unpaired) electrons. The summed E-state index contributed by atoms with van der Waals surface area (Å²) in [7, 11) is 0. The number of aliphatic hydroxyl groups excluding tert-OH is 2. The number of primary amides is 1. The van der Waals surface area contributed by atoms with Crippen LogP contribution in [0.25, 0.3) is 11.1 Å². The SMILES string of the molecule is NC(=O)C1C(=O)[C@@]2(O)C(O)=C3C(=O)c4c(O)ccc(-c5ccsc5)c4C[C@H]3C[C@H]2CC1O. The van der Waals surface area contributed by atoms with E-state index in [2.05, 4.69) is 0 Å². The van der Waals surface area contributed by atoms with Crippen molar-refractivity contribution in [1.82, 2.24) is 0 Å². The molecule has 9 heteroatoms. The molecule has 0 aliphatic heterocycles. The van der Waals surface area contributed by atoms with Gasteiger partial charge in [-0.25, -0.2) is 0 Å². The van der Waals surface area contributed by atoms with Gasteiger partial charge in [-0.05, 0) is 64.8 Å². The van der Waals surface area contributed by atoms with Gasteiger partial charge in [0.05, 0.1) is 11.7 Å². The minimum Gasteiger partial charge on any atom is -0.508 e. The number of amides is 1. The summed E-state index contributed by atoms with van der Waals surface area (Å²) in [6.45, 7) is 0. The van der Waals surface area contributed by atoms with Gasteiger partial charge in [-0.3, -0.25) is 14.4 Å². The van der Waals surface area contributed by atoms with E-state index in [4.69, 9.17) is 5.73 Å². The fraction of sp³-hybridized carbons (Fsp3) is 0.348. The monoisotopic (exact) mass is 455 g/mol. The second-order valence-electron chi connectivity index (χ2n) is 8.74. The fourth-order valence-electron chi connectivity index (χ4n) is 5.62. The van der Waals surface area contributed by atoms with E-state index in [1.54, 1.807) is 6.07 Å². The molecule has 1 aromatic carbocycles. The maximum absolute atomic E-state index is 13.5. The zero-order valence-corrected chi connectivity index (χ0v) is 17.6. The number of hydrogen-bond donors (Lipinski definition) is 5. The molecule has 1 saturated carbocycles. The number of hydrogen-bond acceptors (Lipinski definition) is 8. The maximum atomic E-state index is 13.5. The third-order valence-corrected chi connectivity index (χ3v) is 7.79. The minimum atomic E-state index is -2.49. The molecule has 0 saturated heterocycles. The van der Waals surface area contributed by atoms with Crippen LogP contribution in [0.2, 0.25) is 0 Å². The number of rotatable bonds is 2. The number of aromatic hydroxyl groups is 1. The highest BCUT2D eigenvalue weighted by Crippen LogP contribution is 2.52. The Morgan fingerprint density at radius 1 is 1.16 bits per heavy atom.